The molecule has 0 rings (SSSR count). The van der Waals surface area contributed by atoms with E-state index >= 15 is 0 Å². The first kappa shape index (κ1) is 10.9. The molecule has 0 spiro atoms. The van der Waals surface area contributed by atoms with Gasteiger partial charge in [-0.25, -0.2) is 0 Å². The Hall–Kier alpha value is 0.966. The maximum Gasteiger partial charge on any atom is 0.316 e. The quantitative estimate of drug-likeness (QED) is 0.387. The summed E-state index contributed by atoms with van der Waals surface area (Å²) in [6.45, 7) is 1.63. The SMILES string of the molecule is CC(I)C(=O)O.[MgH2]. The third kappa shape index (κ3) is 6.97. The van der Waals surface area contributed by atoms with E-state index in [-0.39, 0.29) is 27.0 Å². The van der Waals surface area contributed by atoms with Gasteiger partial charge in [-0.1, -0.05) is 22.6 Å². The van der Waals surface area contributed by atoms with Crippen molar-refractivity contribution in [3.8, 4) is 0 Å². The van der Waals surface area contributed by atoms with Crippen molar-refractivity contribution in [3.05, 3.63) is 0 Å². The standard InChI is InChI=1S/C3H5IO2.Mg.2H/c1-2(4)3(5)6;;;/h2H,1H3,(H,5,6);;;. The lowest BCUT2D eigenvalue weighted by molar-refractivity contribution is -0.135. The summed E-state index contributed by atoms with van der Waals surface area (Å²) >= 11 is 1.83. The van der Waals surface area contributed by atoms with Crippen LogP contribution in [0.4, 0.5) is 0 Å². The maximum atomic E-state index is 9.69. The van der Waals surface area contributed by atoms with Crippen LogP contribution in [0.15, 0.2) is 0 Å². The fourth-order valence-electron chi connectivity index (χ4n) is 0. The van der Waals surface area contributed by atoms with Crippen LogP contribution in [0.1, 0.15) is 6.92 Å². The van der Waals surface area contributed by atoms with Crippen molar-refractivity contribution >= 4 is 51.6 Å². The van der Waals surface area contributed by atoms with Crippen molar-refractivity contribution in [2.24, 2.45) is 0 Å². The fraction of sp³-hybridized carbons (Fsp3) is 0.667. The first-order valence-electron chi connectivity index (χ1n) is 1.51. The van der Waals surface area contributed by atoms with Crippen LogP contribution in [-0.2, 0) is 4.79 Å². The number of carbonyl (C=O) groups is 1. The minimum absolute atomic E-state index is 0. The smallest absolute Gasteiger partial charge is 0.316 e. The Bertz CT molecular complexity index is 64.0. The summed E-state index contributed by atoms with van der Waals surface area (Å²) in [5, 5.41) is 7.98. The van der Waals surface area contributed by atoms with Crippen LogP contribution in [0.5, 0.6) is 0 Å². The summed E-state index contributed by atoms with van der Waals surface area (Å²) in [6, 6.07) is 0. The summed E-state index contributed by atoms with van der Waals surface area (Å²) in [5.41, 5.74) is 0. The number of carboxylic acids is 1. The van der Waals surface area contributed by atoms with Crippen molar-refractivity contribution in [1.29, 1.82) is 0 Å². The molecule has 0 fully saturated rings. The number of carboxylic acid groups (broad SMARTS) is 1. The molecule has 7 heavy (non-hydrogen) atoms. The van der Waals surface area contributed by atoms with Crippen molar-refractivity contribution in [1.82, 2.24) is 0 Å². The molecule has 1 atom stereocenters. The van der Waals surface area contributed by atoms with E-state index in [1.54, 1.807) is 6.92 Å². The Kier molecular flexibility index (Phi) is 7.93. The first-order valence-corrected chi connectivity index (χ1v) is 2.76. The van der Waals surface area contributed by atoms with Gasteiger partial charge in [0.05, 0.1) is 0 Å². The van der Waals surface area contributed by atoms with Gasteiger partial charge in [0.25, 0.3) is 0 Å². The van der Waals surface area contributed by atoms with Crippen LogP contribution in [0.3, 0.4) is 0 Å². The van der Waals surface area contributed by atoms with Crippen LogP contribution in [-0.4, -0.2) is 38.1 Å². The van der Waals surface area contributed by atoms with Gasteiger partial charge in [-0.2, -0.15) is 0 Å². The number of halogens is 1. The van der Waals surface area contributed by atoms with Crippen molar-refractivity contribution in [2.45, 2.75) is 10.8 Å². The average Bonchev–Trinajstić information content (AvgIpc) is 1.36. The second-order valence-electron chi connectivity index (χ2n) is 0.954. The summed E-state index contributed by atoms with van der Waals surface area (Å²) in [7, 11) is 0. The van der Waals surface area contributed by atoms with E-state index in [2.05, 4.69) is 0 Å². The molecule has 40 valence electrons. The molecule has 0 radical (unpaired) electrons. The fourth-order valence-corrected chi connectivity index (χ4v) is 0. The van der Waals surface area contributed by atoms with E-state index < -0.39 is 5.97 Å². The first-order chi connectivity index (χ1) is 2.64. The minimum Gasteiger partial charge on any atom is -0.480 e. The van der Waals surface area contributed by atoms with Gasteiger partial charge in [-0.3, -0.25) is 4.79 Å². The third-order valence-electron chi connectivity index (χ3n) is 0.340. The molecule has 0 aliphatic rings. The summed E-state index contributed by atoms with van der Waals surface area (Å²) in [5.74, 6) is -0.754. The molecule has 0 aliphatic heterocycles. The molecule has 2 nitrogen and oxygen atoms in total. The Morgan fingerprint density at radius 2 is 2.00 bits per heavy atom. The maximum absolute atomic E-state index is 9.69. The van der Waals surface area contributed by atoms with Gasteiger partial charge in [0.1, 0.15) is 3.92 Å². The number of alkyl halides is 1. The van der Waals surface area contributed by atoms with E-state index in [0.29, 0.717) is 0 Å². The van der Waals surface area contributed by atoms with Gasteiger partial charge in [-0.05, 0) is 6.92 Å². The van der Waals surface area contributed by atoms with Gasteiger partial charge < -0.3 is 5.11 Å². The molecule has 0 amide bonds. The monoisotopic (exact) mass is 226 g/mol. The van der Waals surface area contributed by atoms with Crippen LogP contribution < -0.4 is 0 Å². The second-order valence-corrected chi connectivity index (χ2v) is 2.82. The highest BCUT2D eigenvalue weighted by Crippen LogP contribution is 1.95. The molecule has 4 heteroatoms. The highest BCUT2D eigenvalue weighted by Gasteiger charge is 2.01. The molecular formula is C3H7IMgO2. The molecule has 0 aliphatic carbocycles. The van der Waals surface area contributed by atoms with Crippen LogP contribution in [0.25, 0.3) is 0 Å². The van der Waals surface area contributed by atoms with Crippen LogP contribution in [0.2, 0.25) is 0 Å². The molecule has 0 saturated carbocycles. The lowest BCUT2D eigenvalue weighted by Crippen LogP contribution is -2.05. The van der Waals surface area contributed by atoms with Crippen molar-refractivity contribution < 1.29 is 9.90 Å². The van der Waals surface area contributed by atoms with E-state index in [0.717, 1.165) is 0 Å². The number of hydrogen-bond donors (Lipinski definition) is 1. The highest BCUT2D eigenvalue weighted by atomic mass is 127. The summed E-state index contributed by atoms with van der Waals surface area (Å²) < 4.78 is -0.261. The largest absolute Gasteiger partial charge is 0.480 e. The Morgan fingerprint density at radius 3 is 2.00 bits per heavy atom. The van der Waals surface area contributed by atoms with Gasteiger partial charge in [0.2, 0.25) is 0 Å². The molecule has 0 aromatic carbocycles. The summed E-state index contributed by atoms with van der Waals surface area (Å²) in [4.78, 5) is 9.69. The third-order valence-corrected chi connectivity index (χ3v) is 0.873. The van der Waals surface area contributed by atoms with E-state index in [1.165, 1.54) is 0 Å². The number of rotatable bonds is 1. The average molecular weight is 226 g/mol. The molecule has 1 N–H and O–H groups in total. The molecule has 0 bridgehead atoms. The van der Waals surface area contributed by atoms with E-state index in [4.69, 9.17) is 5.11 Å². The second kappa shape index (κ2) is 5.11. The lowest BCUT2D eigenvalue weighted by Gasteiger charge is -1.87. The predicted octanol–water partition coefficient (Wildman–Crippen LogP) is -0.0217. The van der Waals surface area contributed by atoms with Crippen LogP contribution >= 0.6 is 22.6 Å². The predicted molar refractivity (Wildman–Crippen MR) is 39.7 cm³/mol. The number of aliphatic carboxylic acids is 1. The van der Waals surface area contributed by atoms with E-state index in [9.17, 15) is 4.79 Å². The zero-order chi connectivity index (χ0) is 5.15. The Balaban J connectivity index is 0. The van der Waals surface area contributed by atoms with E-state index in [1.807, 2.05) is 22.6 Å². The number of hydrogen-bond acceptors (Lipinski definition) is 1. The van der Waals surface area contributed by atoms with Crippen LogP contribution in [0, 0.1) is 0 Å². The molecule has 0 aromatic rings. The van der Waals surface area contributed by atoms with Crippen molar-refractivity contribution in [3.63, 3.8) is 0 Å². The zero-order valence-electron chi connectivity index (χ0n) is 3.31. The van der Waals surface area contributed by atoms with Gasteiger partial charge in [0, 0.05) is 0 Å². The van der Waals surface area contributed by atoms with Gasteiger partial charge >= 0.3 is 29.0 Å². The Morgan fingerprint density at radius 1 is 1.86 bits per heavy atom. The van der Waals surface area contributed by atoms with Crippen molar-refractivity contribution in [2.75, 3.05) is 0 Å². The summed E-state index contributed by atoms with van der Waals surface area (Å²) in [6.07, 6.45) is 0. The molecule has 0 aromatic heterocycles. The molecule has 1 unspecified atom stereocenters. The van der Waals surface area contributed by atoms with Gasteiger partial charge in [0.15, 0.2) is 0 Å². The lowest BCUT2D eigenvalue weighted by atomic mass is 10.5. The molecule has 0 saturated heterocycles. The zero-order valence-corrected chi connectivity index (χ0v) is 5.47. The minimum atomic E-state index is -0.754. The topological polar surface area (TPSA) is 37.3 Å². The molecule has 0 heterocycles. The molecular weight excluding hydrogens is 219 g/mol. The Labute approximate surface area is 72.0 Å². The highest BCUT2D eigenvalue weighted by molar-refractivity contribution is 14.1. The van der Waals surface area contributed by atoms with Gasteiger partial charge in [-0.15, -0.1) is 0 Å². The normalized spacial score (nSPS) is 11.7.